The second-order valence-electron chi connectivity index (χ2n) is 0.625. The van der Waals surface area contributed by atoms with Gasteiger partial charge >= 0.3 is 44.6 Å². The van der Waals surface area contributed by atoms with Gasteiger partial charge in [0.05, 0.1) is 0 Å². The topological polar surface area (TPSA) is 0 Å². The van der Waals surface area contributed by atoms with Crippen molar-refractivity contribution >= 4 is 14.7 Å². The number of hydrogen-bond donors (Lipinski definition) is 0. The van der Waals surface area contributed by atoms with Gasteiger partial charge in [-0.15, -0.1) is 0 Å². The number of rotatable bonds is 0. The first-order valence-electron chi connectivity index (χ1n) is 1.00. The van der Waals surface area contributed by atoms with E-state index in [1.54, 1.807) is 23.3 Å². The number of hydrogen-bond acceptors (Lipinski definition) is 0. The molecule has 0 heterocycles. The van der Waals surface area contributed by atoms with Crippen LogP contribution in [0.25, 0.3) is 0 Å². The van der Waals surface area contributed by atoms with Crippen LogP contribution in [-0.4, -0.2) is 14.7 Å². The summed E-state index contributed by atoms with van der Waals surface area (Å²) in [7, 11) is 3.45. The molecule has 3 radical (unpaired) electrons. The molecule has 0 amide bonds. The van der Waals surface area contributed by atoms with Crippen LogP contribution in [0.1, 0.15) is 0 Å². The van der Waals surface area contributed by atoms with Crippen molar-refractivity contribution in [2.24, 2.45) is 0 Å². The van der Waals surface area contributed by atoms with Crippen LogP contribution in [0.3, 0.4) is 0 Å². The van der Waals surface area contributed by atoms with E-state index in [0.29, 0.717) is 0 Å². The maximum atomic E-state index is 3.45. The molecule has 0 aromatic carbocycles. The predicted octanol–water partition coefficient (Wildman–Crippen LogP) is -0.180. The molecule has 0 aliphatic heterocycles. The molecule has 0 unspecified atom stereocenters. The van der Waals surface area contributed by atoms with E-state index in [1.807, 2.05) is 0 Å². The Labute approximate surface area is 44.6 Å². The van der Waals surface area contributed by atoms with Gasteiger partial charge in [0.2, 0.25) is 0 Å². The molecule has 0 atom stereocenters. The molecule has 0 saturated carbocycles. The van der Waals surface area contributed by atoms with E-state index in [2.05, 4.69) is 16.3 Å². The molecular formula is CH3Si2Zr+2. The van der Waals surface area contributed by atoms with Crippen molar-refractivity contribution in [2.45, 2.75) is 6.55 Å². The van der Waals surface area contributed by atoms with Crippen LogP contribution in [0.15, 0.2) is 0 Å². The molecule has 17 valence electrons. The van der Waals surface area contributed by atoms with Crippen molar-refractivity contribution in [1.82, 2.24) is 0 Å². The van der Waals surface area contributed by atoms with Crippen LogP contribution < -0.4 is 0 Å². The third-order valence-electron chi connectivity index (χ3n) is 0. The predicted molar refractivity (Wildman–Crippen MR) is 17.4 cm³/mol. The molecule has 0 rings (SSSR count). The van der Waals surface area contributed by atoms with Crippen molar-refractivity contribution in [3.8, 4) is 0 Å². The SMILES string of the molecule is C[Si]([Si])=[Zr+2]. The van der Waals surface area contributed by atoms with Gasteiger partial charge in [0.15, 0.2) is 0 Å². The molecule has 0 bridgehead atoms. The van der Waals surface area contributed by atoms with Crippen LogP contribution in [0, 0.1) is 0 Å². The minimum atomic E-state index is 0.0159. The van der Waals surface area contributed by atoms with E-state index < -0.39 is 0 Å². The van der Waals surface area contributed by atoms with Crippen molar-refractivity contribution in [2.75, 3.05) is 0 Å². The van der Waals surface area contributed by atoms with Crippen LogP contribution in [0.2, 0.25) is 6.55 Å². The summed E-state index contributed by atoms with van der Waals surface area (Å²) < 4.78 is 0. The van der Waals surface area contributed by atoms with Crippen molar-refractivity contribution in [3.05, 3.63) is 0 Å². The fourth-order valence-electron chi connectivity index (χ4n) is 0. The molecule has 0 aliphatic rings. The van der Waals surface area contributed by atoms with Gasteiger partial charge < -0.3 is 0 Å². The summed E-state index contributed by atoms with van der Waals surface area (Å²) >= 11 is 1.65. The summed E-state index contributed by atoms with van der Waals surface area (Å²) in [5, 5.41) is 0. The van der Waals surface area contributed by atoms with Gasteiger partial charge in [-0.05, 0) is 0 Å². The third-order valence-corrected chi connectivity index (χ3v) is 0. The summed E-state index contributed by atoms with van der Waals surface area (Å²) in [5.74, 6) is 0. The van der Waals surface area contributed by atoms with Gasteiger partial charge in [-0.1, -0.05) is 0 Å². The van der Waals surface area contributed by atoms with Crippen LogP contribution in [-0.2, 0) is 23.3 Å². The standard InChI is InChI=1S/CH3Si2.Zr/c1-3-2;/h1H3;/q;+2. The molecule has 0 aromatic heterocycles. The van der Waals surface area contributed by atoms with E-state index in [1.165, 1.54) is 0 Å². The average Bonchev–Trinajstić information content (AvgIpc) is 0.811. The van der Waals surface area contributed by atoms with E-state index in [-0.39, 0.29) is 4.95 Å². The second-order valence-corrected chi connectivity index (χ2v) is 13.3. The molecule has 3 heteroatoms. The molecule has 0 nitrogen and oxygen atoms in total. The molecule has 0 aliphatic carbocycles. The zero-order valence-corrected chi connectivity index (χ0v) is 6.96. The van der Waals surface area contributed by atoms with Gasteiger partial charge in [-0.3, -0.25) is 0 Å². The molecule has 0 fully saturated rings. The molecule has 0 spiro atoms. The fourth-order valence-corrected chi connectivity index (χ4v) is 0. The van der Waals surface area contributed by atoms with Crippen LogP contribution in [0.5, 0.6) is 0 Å². The fraction of sp³-hybridized carbons (Fsp3) is 1.00. The maximum absolute atomic E-state index is 3.45. The first-order chi connectivity index (χ1) is 1.73. The van der Waals surface area contributed by atoms with Gasteiger partial charge in [0.25, 0.3) is 0 Å². The summed E-state index contributed by atoms with van der Waals surface area (Å²) in [4.78, 5) is 0.0159. The van der Waals surface area contributed by atoms with Gasteiger partial charge in [-0.2, -0.15) is 0 Å². The summed E-state index contributed by atoms with van der Waals surface area (Å²) in [6.07, 6.45) is 0. The van der Waals surface area contributed by atoms with Crippen LogP contribution in [0.4, 0.5) is 0 Å². The average molecular weight is 162 g/mol. The van der Waals surface area contributed by atoms with Crippen molar-refractivity contribution < 1.29 is 23.3 Å². The van der Waals surface area contributed by atoms with Crippen LogP contribution >= 0.6 is 0 Å². The van der Waals surface area contributed by atoms with Crippen molar-refractivity contribution in [3.63, 3.8) is 0 Å². The zero-order chi connectivity index (χ0) is 3.58. The Hall–Kier alpha value is 1.32. The Morgan fingerprint density at radius 2 is 2.00 bits per heavy atom. The minimum absolute atomic E-state index is 0.0159. The summed E-state index contributed by atoms with van der Waals surface area (Å²) in [5.41, 5.74) is 0. The molecule has 0 N–H and O–H groups in total. The quantitative estimate of drug-likeness (QED) is 0.434. The first-order valence-corrected chi connectivity index (χ1v) is 8.19. The molecule has 0 aromatic rings. The molecule has 0 saturated heterocycles. The second kappa shape index (κ2) is 2.55. The Balaban J connectivity index is 2.80. The molecule has 4 heavy (non-hydrogen) atoms. The molecular weight excluding hydrogens is 159 g/mol. The zero-order valence-electron chi connectivity index (χ0n) is 2.50. The van der Waals surface area contributed by atoms with Crippen molar-refractivity contribution in [1.29, 1.82) is 0 Å². The Morgan fingerprint density at radius 3 is 2.00 bits per heavy atom. The Morgan fingerprint density at radius 1 is 2.00 bits per heavy atom. The third kappa shape index (κ3) is 10.3. The van der Waals surface area contributed by atoms with Gasteiger partial charge in [0, 0.05) is 0 Å². The van der Waals surface area contributed by atoms with E-state index in [4.69, 9.17) is 0 Å². The van der Waals surface area contributed by atoms with E-state index >= 15 is 0 Å². The Kier molecular flexibility index (Phi) is 3.39. The van der Waals surface area contributed by atoms with Gasteiger partial charge in [-0.25, -0.2) is 0 Å². The van der Waals surface area contributed by atoms with Gasteiger partial charge in [0.1, 0.15) is 0 Å². The van der Waals surface area contributed by atoms with E-state index in [0.717, 1.165) is 0 Å². The normalized spacial score (nSPS) is 7.00. The Bertz CT molecular complexity index is 29.0. The summed E-state index contributed by atoms with van der Waals surface area (Å²) in [6, 6.07) is 0. The summed E-state index contributed by atoms with van der Waals surface area (Å²) in [6.45, 7) is 2.22. The first kappa shape index (κ1) is 5.32. The van der Waals surface area contributed by atoms with E-state index in [9.17, 15) is 0 Å². The monoisotopic (exact) mass is 161 g/mol.